The van der Waals surface area contributed by atoms with E-state index in [0.29, 0.717) is 37.2 Å². The van der Waals surface area contributed by atoms with Gasteiger partial charge in [-0.15, -0.1) is 0 Å². The number of carbonyl (C=O) groups is 3. The van der Waals surface area contributed by atoms with Gasteiger partial charge in [-0.3, -0.25) is 14.4 Å². The van der Waals surface area contributed by atoms with E-state index >= 15 is 0 Å². The minimum atomic E-state index is -3.92. The van der Waals surface area contributed by atoms with Crippen LogP contribution in [-0.4, -0.2) is 105 Å². The Hall–Kier alpha value is -3.58. The Morgan fingerprint density at radius 2 is 1.74 bits per heavy atom. The molecule has 0 saturated carbocycles. The number of likely N-dealkylation sites (tertiary alicyclic amines) is 1. The maximum Gasteiger partial charge on any atom is 0.296 e. The van der Waals surface area contributed by atoms with Crippen LogP contribution in [-0.2, 0) is 34.7 Å². The zero-order valence-electron chi connectivity index (χ0n) is 24.1. The molecule has 1 spiro atoms. The molecule has 1 atom stereocenters. The lowest BCUT2D eigenvalue weighted by Gasteiger charge is -2.34. The van der Waals surface area contributed by atoms with Crippen molar-refractivity contribution in [2.45, 2.75) is 30.2 Å². The standard InChI is InChI=1S/C30H36N4O7S/c1-4-13-33-24-12-6-5-11-23(24)30(29(33)38)25(27(36)28(37)34(30)15-8-14-31(2)3)26(35)21-9-7-10-22(20-21)42(39,40)32-16-18-41-19-17-32/h5-7,9-12,20,35H,4,8,13-19H2,1-3H3/t30-/m1/s1. The number of Topliss-reactive ketones (excluding diaryl/α,β-unsaturated/α-hetero) is 1. The average Bonchev–Trinajstić information content (AvgIpc) is 3.36. The lowest BCUT2D eigenvalue weighted by Crippen LogP contribution is -2.52. The molecule has 1 N–H and O–H groups in total. The molecule has 2 saturated heterocycles. The predicted octanol–water partition coefficient (Wildman–Crippen LogP) is 1.99. The van der Waals surface area contributed by atoms with E-state index in [4.69, 9.17) is 4.74 Å². The summed E-state index contributed by atoms with van der Waals surface area (Å²) in [7, 11) is -0.143. The summed E-state index contributed by atoms with van der Waals surface area (Å²) in [4.78, 5) is 46.7. The molecule has 42 heavy (non-hydrogen) atoms. The Morgan fingerprint density at radius 1 is 1.02 bits per heavy atom. The highest BCUT2D eigenvalue weighted by atomic mass is 32.2. The Balaban J connectivity index is 1.70. The number of rotatable bonds is 9. The number of ketones is 1. The van der Waals surface area contributed by atoms with Gasteiger partial charge in [-0.2, -0.15) is 4.31 Å². The second-order valence-corrected chi connectivity index (χ2v) is 12.8. The Bertz CT molecular complexity index is 1550. The fraction of sp³-hybridized carbons (Fsp3) is 0.433. The highest BCUT2D eigenvalue weighted by molar-refractivity contribution is 7.89. The third-order valence-electron chi connectivity index (χ3n) is 7.96. The first-order valence-electron chi connectivity index (χ1n) is 14.1. The van der Waals surface area contributed by atoms with E-state index in [9.17, 15) is 27.9 Å². The van der Waals surface area contributed by atoms with Crippen LogP contribution in [0.25, 0.3) is 5.76 Å². The molecule has 0 aromatic heterocycles. The van der Waals surface area contributed by atoms with Gasteiger partial charge in [0.25, 0.3) is 17.6 Å². The van der Waals surface area contributed by atoms with Gasteiger partial charge in [0.2, 0.25) is 10.0 Å². The van der Waals surface area contributed by atoms with Crippen LogP contribution in [0.4, 0.5) is 5.69 Å². The van der Waals surface area contributed by atoms with Gasteiger partial charge in [-0.1, -0.05) is 37.3 Å². The van der Waals surface area contributed by atoms with E-state index in [-0.39, 0.29) is 48.9 Å². The molecule has 0 unspecified atom stereocenters. The van der Waals surface area contributed by atoms with Crippen LogP contribution in [0, 0.1) is 0 Å². The van der Waals surface area contributed by atoms with Gasteiger partial charge in [0.15, 0.2) is 5.54 Å². The Kier molecular flexibility index (Phi) is 8.26. The average molecular weight is 597 g/mol. The van der Waals surface area contributed by atoms with Gasteiger partial charge in [0, 0.05) is 37.3 Å². The largest absolute Gasteiger partial charge is 0.507 e. The number of aliphatic hydroxyl groups excluding tert-OH is 1. The number of para-hydroxylation sites is 1. The molecule has 12 heteroatoms. The van der Waals surface area contributed by atoms with E-state index in [1.807, 2.05) is 25.9 Å². The first-order valence-corrected chi connectivity index (χ1v) is 15.5. The highest BCUT2D eigenvalue weighted by Crippen LogP contribution is 2.53. The van der Waals surface area contributed by atoms with E-state index < -0.39 is 38.9 Å². The van der Waals surface area contributed by atoms with E-state index in [2.05, 4.69) is 0 Å². The number of sulfonamides is 1. The van der Waals surface area contributed by atoms with Crippen molar-refractivity contribution in [3.63, 3.8) is 0 Å². The summed E-state index contributed by atoms with van der Waals surface area (Å²) >= 11 is 0. The van der Waals surface area contributed by atoms with Crippen molar-refractivity contribution in [2.24, 2.45) is 0 Å². The zero-order valence-corrected chi connectivity index (χ0v) is 24.9. The topological polar surface area (TPSA) is 128 Å². The summed E-state index contributed by atoms with van der Waals surface area (Å²) < 4.78 is 33.4. The number of morpholine rings is 1. The first kappa shape index (κ1) is 29.9. The third-order valence-corrected chi connectivity index (χ3v) is 9.85. The molecule has 3 heterocycles. The number of ether oxygens (including phenoxy) is 1. The molecule has 0 bridgehead atoms. The van der Waals surface area contributed by atoms with Crippen LogP contribution >= 0.6 is 0 Å². The molecule has 3 aliphatic rings. The number of carbonyl (C=O) groups excluding carboxylic acids is 3. The minimum Gasteiger partial charge on any atom is -0.507 e. The van der Waals surface area contributed by atoms with Crippen molar-refractivity contribution in [1.82, 2.24) is 14.1 Å². The molecule has 0 radical (unpaired) electrons. The van der Waals surface area contributed by atoms with Crippen molar-refractivity contribution in [3.8, 4) is 0 Å². The van der Waals surface area contributed by atoms with Gasteiger partial charge in [-0.25, -0.2) is 8.42 Å². The van der Waals surface area contributed by atoms with Crippen molar-refractivity contribution in [3.05, 3.63) is 65.2 Å². The molecule has 0 aliphatic carbocycles. The molecular weight excluding hydrogens is 560 g/mol. The second kappa shape index (κ2) is 11.6. The molecule has 2 fully saturated rings. The number of hydrogen-bond donors (Lipinski definition) is 1. The number of aliphatic hydroxyl groups is 1. The minimum absolute atomic E-state index is 0.0224. The number of benzene rings is 2. The highest BCUT2D eigenvalue weighted by Gasteiger charge is 2.66. The number of anilines is 1. The van der Waals surface area contributed by atoms with Gasteiger partial charge in [0.05, 0.1) is 29.4 Å². The van der Waals surface area contributed by atoms with Crippen molar-refractivity contribution in [1.29, 1.82) is 0 Å². The van der Waals surface area contributed by atoms with Crippen LogP contribution in [0.5, 0.6) is 0 Å². The summed E-state index contributed by atoms with van der Waals surface area (Å²) in [5, 5.41) is 11.8. The predicted molar refractivity (Wildman–Crippen MR) is 156 cm³/mol. The molecule has 11 nitrogen and oxygen atoms in total. The lowest BCUT2D eigenvalue weighted by atomic mass is 9.82. The van der Waals surface area contributed by atoms with E-state index in [0.717, 1.165) is 0 Å². The smallest absolute Gasteiger partial charge is 0.296 e. The van der Waals surface area contributed by atoms with Crippen LogP contribution in [0.15, 0.2) is 59.0 Å². The molecule has 2 aromatic rings. The van der Waals surface area contributed by atoms with Crippen molar-refractivity contribution >= 4 is 39.1 Å². The fourth-order valence-corrected chi connectivity index (χ4v) is 7.50. The third kappa shape index (κ3) is 4.72. The van der Waals surface area contributed by atoms with E-state index in [1.54, 1.807) is 29.2 Å². The lowest BCUT2D eigenvalue weighted by molar-refractivity contribution is -0.143. The number of hydrogen-bond acceptors (Lipinski definition) is 8. The number of nitrogens with zero attached hydrogens (tertiary/aromatic N) is 4. The summed E-state index contributed by atoms with van der Waals surface area (Å²) in [5.41, 5.74) is -1.21. The number of amides is 2. The molecule has 5 rings (SSSR count). The van der Waals surface area contributed by atoms with Crippen molar-refractivity contribution < 1.29 is 32.6 Å². The summed E-state index contributed by atoms with van der Waals surface area (Å²) in [6.45, 7) is 3.91. The zero-order chi connectivity index (χ0) is 30.2. The van der Waals surface area contributed by atoms with Gasteiger partial charge >= 0.3 is 0 Å². The van der Waals surface area contributed by atoms with Crippen LogP contribution < -0.4 is 4.90 Å². The molecule has 3 aliphatic heterocycles. The summed E-state index contributed by atoms with van der Waals surface area (Å²) in [5.74, 6) is -2.95. The maximum absolute atomic E-state index is 14.5. The van der Waals surface area contributed by atoms with Crippen LogP contribution in [0.2, 0.25) is 0 Å². The molecule has 2 aromatic carbocycles. The SMILES string of the molecule is CCCN1C(=O)[C@]2(C(=C(O)c3cccc(S(=O)(=O)N4CCOCC4)c3)C(=O)C(=O)N2CCCN(C)C)c2ccccc21. The van der Waals surface area contributed by atoms with Crippen LogP contribution in [0.1, 0.15) is 30.9 Å². The number of fused-ring (bicyclic) bond motifs is 2. The fourth-order valence-electron chi connectivity index (χ4n) is 6.04. The second-order valence-electron chi connectivity index (χ2n) is 10.9. The van der Waals surface area contributed by atoms with Gasteiger partial charge in [-0.05, 0) is 51.7 Å². The van der Waals surface area contributed by atoms with E-state index in [1.165, 1.54) is 33.5 Å². The quantitative estimate of drug-likeness (QED) is 0.265. The van der Waals surface area contributed by atoms with Crippen LogP contribution in [0.3, 0.4) is 0 Å². The summed E-state index contributed by atoms with van der Waals surface area (Å²) in [6, 6.07) is 12.6. The molecule has 2 amide bonds. The molecule has 224 valence electrons. The van der Waals surface area contributed by atoms with Gasteiger partial charge in [0.1, 0.15) is 5.76 Å². The summed E-state index contributed by atoms with van der Waals surface area (Å²) in [6.07, 6.45) is 1.11. The monoisotopic (exact) mass is 596 g/mol. The first-order chi connectivity index (χ1) is 20.1. The maximum atomic E-state index is 14.5. The normalized spacial score (nSPS) is 22.5. The molecular formula is C30H36N4O7S. The Morgan fingerprint density at radius 3 is 2.43 bits per heavy atom. The van der Waals surface area contributed by atoms with Crippen molar-refractivity contribution in [2.75, 3.05) is 64.9 Å². The Labute approximate surface area is 246 Å². The van der Waals surface area contributed by atoms with Gasteiger partial charge < -0.3 is 24.5 Å².